The molecule has 98 valence electrons. The number of aromatic nitrogens is 6. The van der Waals surface area contributed by atoms with Gasteiger partial charge < -0.3 is 10.7 Å². The molecule has 8 heteroatoms. The van der Waals surface area contributed by atoms with Crippen molar-refractivity contribution in [1.29, 1.82) is 0 Å². The molecule has 0 saturated carbocycles. The zero-order valence-corrected chi connectivity index (χ0v) is 11.7. The molecule has 3 aromatic heterocycles. The molecule has 0 atom stereocenters. The number of aromatic amines is 1. The summed E-state index contributed by atoms with van der Waals surface area (Å²) in [4.78, 5) is 11.4. The fourth-order valence-corrected chi connectivity index (χ4v) is 2.53. The van der Waals surface area contributed by atoms with Crippen LogP contribution in [0.15, 0.2) is 35.3 Å². The molecule has 3 N–H and O–H groups in total. The van der Waals surface area contributed by atoms with Crippen molar-refractivity contribution in [3.63, 3.8) is 0 Å². The molecule has 1 aromatic carbocycles. The minimum absolute atomic E-state index is 0.611. The van der Waals surface area contributed by atoms with Crippen LogP contribution in [0, 0.1) is 0 Å². The van der Waals surface area contributed by atoms with E-state index >= 15 is 0 Å². The van der Waals surface area contributed by atoms with Gasteiger partial charge in [0.25, 0.3) is 0 Å². The number of nitrogen functional groups attached to an aromatic ring is 1. The number of nitrogens with zero attached hydrogens (tertiary/aromatic N) is 5. The Bertz CT molecular complexity index is 939. The number of hydrogen-bond donors (Lipinski definition) is 2. The van der Waals surface area contributed by atoms with Crippen molar-refractivity contribution < 1.29 is 0 Å². The topological polar surface area (TPSA) is 97.8 Å². The number of anilines is 1. The molecule has 4 rings (SSSR count). The lowest BCUT2D eigenvalue weighted by molar-refractivity contribution is 1.09. The second-order valence-electron chi connectivity index (χ2n) is 4.29. The molecule has 0 amide bonds. The van der Waals surface area contributed by atoms with E-state index in [0.717, 1.165) is 15.6 Å². The fraction of sp³-hybridized carbons (Fsp3) is 0. The summed E-state index contributed by atoms with van der Waals surface area (Å²) < 4.78 is 2.71. The van der Waals surface area contributed by atoms with E-state index in [9.17, 15) is 0 Å². The Balaban J connectivity index is 2.05. The van der Waals surface area contributed by atoms with Crippen LogP contribution in [0.5, 0.6) is 0 Å². The Morgan fingerprint density at radius 3 is 2.95 bits per heavy atom. The first-order valence-corrected chi connectivity index (χ1v) is 6.61. The van der Waals surface area contributed by atoms with Crippen molar-refractivity contribution >= 4 is 38.4 Å². The SMILES string of the molecule is Nc1cc(Br)ccc1-c1nnc2c3[nH]cnc3ncn12. The van der Waals surface area contributed by atoms with E-state index in [4.69, 9.17) is 5.73 Å². The van der Waals surface area contributed by atoms with Gasteiger partial charge in [0, 0.05) is 15.7 Å². The average molecular weight is 330 g/mol. The zero-order valence-electron chi connectivity index (χ0n) is 10.1. The van der Waals surface area contributed by atoms with E-state index in [2.05, 4.69) is 41.1 Å². The van der Waals surface area contributed by atoms with Crippen molar-refractivity contribution in [3.8, 4) is 11.4 Å². The Labute approximate surface area is 121 Å². The lowest BCUT2D eigenvalue weighted by atomic mass is 10.2. The molecule has 0 aliphatic carbocycles. The van der Waals surface area contributed by atoms with Crippen LogP contribution in [-0.2, 0) is 0 Å². The predicted octanol–water partition coefficient (Wildman–Crippen LogP) is 2.01. The summed E-state index contributed by atoms with van der Waals surface area (Å²) in [5.41, 5.74) is 9.51. The maximum Gasteiger partial charge on any atom is 0.190 e. The van der Waals surface area contributed by atoms with Crippen LogP contribution in [0.1, 0.15) is 0 Å². The molecule has 0 saturated heterocycles. The molecule has 4 aromatic rings. The summed E-state index contributed by atoms with van der Waals surface area (Å²) >= 11 is 3.39. The van der Waals surface area contributed by atoms with Gasteiger partial charge in [-0.1, -0.05) is 15.9 Å². The molecular weight excluding hydrogens is 322 g/mol. The molecular formula is C12H8BrN7. The van der Waals surface area contributed by atoms with Crippen LogP contribution in [0.25, 0.3) is 28.2 Å². The minimum atomic E-state index is 0.611. The van der Waals surface area contributed by atoms with Crippen LogP contribution < -0.4 is 5.73 Å². The molecule has 0 fully saturated rings. The van der Waals surface area contributed by atoms with Crippen LogP contribution in [-0.4, -0.2) is 29.5 Å². The number of hydrogen-bond acceptors (Lipinski definition) is 5. The smallest absolute Gasteiger partial charge is 0.190 e. The van der Waals surface area contributed by atoms with E-state index in [1.54, 1.807) is 17.1 Å². The van der Waals surface area contributed by atoms with Crippen molar-refractivity contribution in [2.45, 2.75) is 0 Å². The number of fused-ring (bicyclic) bond motifs is 3. The third-order valence-electron chi connectivity index (χ3n) is 3.09. The first kappa shape index (κ1) is 11.4. The summed E-state index contributed by atoms with van der Waals surface area (Å²) in [6.07, 6.45) is 3.23. The van der Waals surface area contributed by atoms with Crippen LogP contribution in [0.2, 0.25) is 0 Å². The normalized spacial score (nSPS) is 11.4. The third kappa shape index (κ3) is 1.51. The zero-order chi connectivity index (χ0) is 13.7. The third-order valence-corrected chi connectivity index (χ3v) is 3.58. The monoisotopic (exact) mass is 329 g/mol. The molecule has 0 radical (unpaired) electrons. The number of halogens is 1. The molecule has 3 heterocycles. The number of H-pyrrole nitrogens is 1. The molecule has 0 spiro atoms. The predicted molar refractivity (Wildman–Crippen MR) is 78.0 cm³/mol. The Hall–Kier alpha value is -2.48. The number of nitrogens with two attached hydrogens (primary N) is 1. The highest BCUT2D eigenvalue weighted by atomic mass is 79.9. The van der Waals surface area contributed by atoms with E-state index in [1.165, 1.54) is 0 Å². The highest BCUT2D eigenvalue weighted by Gasteiger charge is 2.14. The molecule has 0 aliphatic rings. The summed E-state index contributed by atoms with van der Waals surface area (Å²) in [7, 11) is 0. The largest absolute Gasteiger partial charge is 0.398 e. The lowest BCUT2D eigenvalue weighted by Crippen LogP contribution is -1.96. The number of imidazole rings is 1. The van der Waals surface area contributed by atoms with Crippen LogP contribution in [0.4, 0.5) is 5.69 Å². The second kappa shape index (κ2) is 4.01. The summed E-state index contributed by atoms with van der Waals surface area (Å²) in [6, 6.07) is 5.64. The van der Waals surface area contributed by atoms with Crippen molar-refractivity contribution in [3.05, 3.63) is 35.3 Å². The summed E-state index contributed by atoms with van der Waals surface area (Å²) in [6.45, 7) is 0. The number of rotatable bonds is 1. The molecule has 20 heavy (non-hydrogen) atoms. The van der Waals surface area contributed by atoms with E-state index in [0.29, 0.717) is 22.8 Å². The summed E-state index contributed by atoms with van der Waals surface area (Å²) in [5.74, 6) is 0.647. The van der Waals surface area contributed by atoms with Gasteiger partial charge in [-0.3, -0.25) is 4.40 Å². The van der Waals surface area contributed by atoms with Gasteiger partial charge in [-0.15, -0.1) is 10.2 Å². The first-order valence-electron chi connectivity index (χ1n) is 5.82. The maximum atomic E-state index is 6.04. The van der Waals surface area contributed by atoms with Crippen LogP contribution >= 0.6 is 15.9 Å². The Morgan fingerprint density at radius 1 is 1.20 bits per heavy atom. The maximum absolute atomic E-state index is 6.04. The van der Waals surface area contributed by atoms with Gasteiger partial charge in [0.15, 0.2) is 17.1 Å². The summed E-state index contributed by atoms with van der Waals surface area (Å²) in [5, 5.41) is 8.41. The second-order valence-corrected chi connectivity index (χ2v) is 5.21. The van der Waals surface area contributed by atoms with Gasteiger partial charge in [-0.25, -0.2) is 9.97 Å². The first-order chi connectivity index (χ1) is 9.74. The van der Waals surface area contributed by atoms with Crippen molar-refractivity contribution in [2.75, 3.05) is 5.73 Å². The lowest BCUT2D eigenvalue weighted by Gasteiger charge is -2.04. The van der Waals surface area contributed by atoms with Gasteiger partial charge in [0.05, 0.1) is 6.33 Å². The number of benzene rings is 1. The minimum Gasteiger partial charge on any atom is -0.398 e. The van der Waals surface area contributed by atoms with E-state index < -0.39 is 0 Å². The number of nitrogens with one attached hydrogen (secondary N) is 1. The van der Waals surface area contributed by atoms with Gasteiger partial charge in [0.1, 0.15) is 11.8 Å². The average Bonchev–Trinajstić information content (AvgIpc) is 3.03. The van der Waals surface area contributed by atoms with Gasteiger partial charge in [-0.05, 0) is 18.2 Å². The van der Waals surface area contributed by atoms with E-state index in [1.807, 2.05) is 18.2 Å². The van der Waals surface area contributed by atoms with Crippen molar-refractivity contribution in [2.24, 2.45) is 0 Å². The Morgan fingerprint density at radius 2 is 2.10 bits per heavy atom. The molecule has 0 bridgehead atoms. The highest BCUT2D eigenvalue weighted by Crippen LogP contribution is 2.28. The van der Waals surface area contributed by atoms with Gasteiger partial charge in [0.2, 0.25) is 0 Å². The highest BCUT2D eigenvalue weighted by molar-refractivity contribution is 9.10. The van der Waals surface area contributed by atoms with Crippen LogP contribution in [0.3, 0.4) is 0 Å². The molecule has 0 unspecified atom stereocenters. The molecule has 0 aliphatic heterocycles. The van der Waals surface area contributed by atoms with Crippen molar-refractivity contribution in [1.82, 2.24) is 29.5 Å². The Kier molecular flexibility index (Phi) is 2.27. The van der Waals surface area contributed by atoms with E-state index in [-0.39, 0.29) is 0 Å². The molecule has 7 nitrogen and oxygen atoms in total. The quantitative estimate of drug-likeness (QED) is 0.520. The fourth-order valence-electron chi connectivity index (χ4n) is 2.15. The van der Waals surface area contributed by atoms with Gasteiger partial charge in [-0.2, -0.15) is 0 Å². The standard InChI is InChI=1S/C12H8BrN7/c13-6-1-2-7(8(14)3-6)11-18-19-12-9-10(16-4-15-9)17-5-20(11)12/h1-5H,14H2,(H,15,16). The van der Waals surface area contributed by atoms with Gasteiger partial charge >= 0.3 is 0 Å².